The van der Waals surface area contributed by atoms with Crippen LogP contribution in [0.5, 0.6) is 0 Å². The van der Waals surface area contributed by atoms with E-state index < -0.39 is 0 Å². The molecule has 0 saturated heterocycles. The molecule has 1 unspecified atom stereocenters. The van der Waals surface area contributed by atoms with E-state index in [1.807, 2.05) is 13.0 Å². The number of hydrogen-bond donors (Lipinski definition) is 2. The molecule has 4 heteroatoms. The number of nitrogens with one attached hydrogen (secondary N) is 2. The van der Waals surface area contributed by atoms with Crippen molar-refractivity contribution < 1.29 is 0 Å². The summed E-state index contributed by atoms with van der Waals surface area (Å²) in [6.07, 6.45) is 3.43. The van der Waals surface area contributed by atoms with Crippen LogP contribution in [0.15, 0.2) is 6.07 Å². The van der Waals surface area contributed by atoms with Crippen molar-refractivity contribution in [2.24, 2.45) is 0 Å². The van der Waals surface area contributed by atoms with Crippen LogP contribution in [0.25, 0.3) is 0 Å². The average Bonchev–Trinajstić information content (AvgIpc) is 2.25. The van der Waals surface area contributed by atoms with Crippen LogP contribution in [0, 0.1) is 6.92 Å². The lowest BCUT2D eigenvalue weighted by molar-refractivity contribution is 0.686. The summed E-state index contributed by atoms with van der Waals surface area (Å²) in [6, 6.07) is 2.43. The van der Waals surface area contributed by atoms with Gasteiger partial charge in [-0.05, 0) is 26.7 Å². The molecule has 0 aliphatic carbocycles. The molecular formula is C13H24N4. The third kappa shape index (κ3) is 5.02. The molecule has 1 heterocycles. The zero-order chi connectivity index (χ0) is 12.7. The third-order valence-corrected chi connectivity index (χ3v) is 2.51. The average molecular weight is 236 g/mol. The molecule has 0 saturated carbocycles. The molecule has 0 fully saturated rings. The Labute approximate surface area is 104 Å². The van der Waals surface area contributed by atoms with Gasteiger partial charge in [-0.3, -0.25) is 0 Å². The van der Waals surface area contributed by atoms with Gasteiger partial charge >= 0.3 is 0 Å². The van der Waals surface area contributed by atoms with E-state index in [0.29, 0.717) is 6.04 Å². The van der Waals surface area contributed by atoms with E-state index in [1.54, 1.807) is 0 Å². The van der Waals surface area contributed by atoms with Gasteiger partial charge in [0, 0.05) is 18.7 Å². The van der Waals surface area contributed by atoms with Gasteiger partial charge in [0.25, 0.3) is 0 Å². The molecule has 0 bridgehead atoms. The van der Waals surface area contributed by atoms with Crippen molar-refractivity contribution in [3.8, 4) is 0 Å². The lowest BCUT2D eigenvalue weighted by Crippen LogP contribution is -2.16. The van der Waals surface area contributed by atoms with E-state index in [1.165, 1.54) is 6.42 Å². The SMILES string of the molecule is CCCNc1cc(NC(C)CCC)nc(C)n1. The minimum Gasteiger partial charge on any atom is -0.370 e. The Kier molecular flexibility index (Phi) is 5.73. The van der Waals surface area contributed by atoms with Gasteiger partial charge in [-0.25, -0.2) is 9.97 Å². The van der Waals surface area contributed by atoms with Gasteiger partial charge in [-0.15, -0.1) is 0 Å². The summed E-state index contributed by atoms with van der Waals surface area (Å²) in [7, 11) is 0. The molecule has 0 aromatic carbocycles. The number of hydrogen-bond acceptors (Lipinski definition) is 4. The molecule has 1 aromatic rings. The Balaban J connectivity index is 2.67. The fourth-order valence-electron chi connectivity index (χ4n) is 1.74. The first kappa shape index (κ1) is 13.7. The highest BCUT2D eigenvalue weighted by Crippen LogP contribution is 2.13. The first-order chi connectivity index (χ1) is 8.15. The normalized spacial score (nSPS) is 12.2. The summed E-state index contributed by atoms with van der Waals surface area (Å²) in [6.45, 7) is 9.38. The zero-order valence-corrected chi connectivity index (χ0v) is 11.4. The molecule has 1 rings (SSSR count). The first-order valence-electron chi connectivity index (χ1n) is 6.51. The fourth-order valence-corrected chi connectivity index (χ4v) is 1.74. The molecule has 0 radical (unpaired) electrons. The van der Waals surface area contributed by atoms with E-state index >= 15 is 0 Å². The number of rotatable bonds is 7. The largest absolute Gasteiger partial charge is 0.370 e. The van der Waals surface area contributed by atoms with E-state index in [2.05, 4.69) is 41.4 Å². The Morgan fingerprint density at radius 2 is 1.88 bits per heavy atom. The summed E-state index contributed by atoms with van der Waals surface area (Å²) in [5.41, 5.74) is 0. The van der Waals surface area contributed by atoms with Crippen LogP contribution >= 0.6 is 0 Å². The van der Waals surface area contributed by atoms with Gasteiger partial charge in [0.1, 0.15) is 17.5 Å². The molecule has 1 atom stereocenters. The number of nitrogens with zero attached hydrogens (tertiary/aromatic N) is 2. The van der Waals surface area contributed by atoms with Gasteiger partial charge in [0.05, 0.1) is 0 Å². The van der Waals surface area contributed by atoms with Gasteiger partial charge in [0.15, 0.2) is 0 Å². The Hall–Kier alpha value is -1.32. The van der Waals surface area contributed by atoms with E-state index in [-0.39, 0.29) is 0 Å². The van der Waals surface area contributed by atoms with Crippen molar-refractivity contribution in [3.63, 3.8) is 0 Å². The van der Waals surface area contributed by atoms with E-state index in [9.17, 15) is 0 Å². The van der Waals surface area contributed by atoms with E-state index in [4.69, 9.17) is 0 Å². The van der Waals surface area contributed by atoms with Crippen molar-refractivity contribution >= 4 is 11.6 Å². The second kappa shape index (κ2) is 7.09. The van der Waals surface area contributed by atoms with Crippen molar-refractivity contribution in [1.29, 1.82) is 0 Å². The standard InChI is InChI=1S/C13H24N4/c1-5-7-10(3)15-13-9-12(14-8-6-2)16-11(4)17-13/h9-10H,5-8H2,1-4H3,(H2,14,15,16,17). The highest BCUT2D eigenvalue weighted by atomic mass is 15.1. The lowest BCUT2D eigenvalue weighted by Gasteiger charge is -2.14. The van der Waals surface area contributed by atoms with Crippen LogP contribution in [0.1, 0.15) is 45.9 Å². The monoisotopic (exact) mass is 236 g/mol. The fraction of sp³-hybridized carbons (Fsp3) is 0.692. The summed E-state index contributed by atoms with van der Waals surface area (Å²) in [4.78, 5) is 8.76. The van der Waals surface area contributed by atoms with Crippen LogP contribution in [-0.2, 0) is 0 Å². The Bertz CT molecular complexity index is 338. The number of anilines is 2. The van der Waals surface area contributed by atoms with Gasteiger partial charge in [-0.2, -0.15) is 0 Å². The molecule has 1 aromatic heterocycles. The topological polar surface area (TPSA) is 49.8 Å². The van der Waals surface area contributed by atoms with Gasteiger partial charge in [0.2, 0.25) is 0 Å². The van der Waals surface area contributed by atoms with Crippen molar-refractivity contribution in [1.82, 2.24) is 9.97 Å². The molecule has 0 aliphatic rings. The third-order valence-electron chi connectivity index (χ3n) is 2.51. The molecule has 0 aliphatic heterocycles. The van der Waals surface area contributed by atoms with Crippen LogP contribution in [0.4, 0.5) is 11.6 Å². The Morgan fingerprint density at radius 3 is 2.53 bits per heavy atom. The van der Waals surface area contributed by atoms with Crippen molar-refractivity contribution in [2.75, 3.05) is 17.2 Å². The van der Waals surface area contributed by atoms with Gasteiger partial charge in [-0.1, -0.05) is 20.3 Å². The maximum atomic E-state index is 4.40. The lowest BCUT2D eigenvalue weighted by atomic mass is 10.2. The molecule has 4 nitrogen and oxygen atoms in total. The Morgan fingerprint density at radius 1 is 1.18 bits per heavy atom. The molecule has 0 amide bonds. The van der Waals surface area contributed by atoms with Crippen LogP contribution < -0.4 is 10.6 Å². The minimum absolute atomic E-state index is 0.452. The second-order valence-electron chi connectivity index (χ2n) is 4.45. The van der Waals surface area contributed by atoms with Crippen LogP contribution in [0.3, 0.4) is 0 Å². The van der Waals surface area contributed by atoms with E-state index in [0.717, 1.165) is 36.8 Å². The summed E-state index contributed by atoms with van der Waals surface area (Å²) >= 11 is 0. The molecule has 17 heavy (non-hydrogen) atoms. The maximum Gasteiger partial charge on any atom is 0.132 e. The second-order valence-corrected chi connectivity index (χ2v) is 4.45. The van der Waals surface area contributed by atoms with Crippen LogP contribution in [-0.4, -0.2) is 22.6 Å². The summed E-state index contributed by atoms with van der Waals surface area (Å²) in [5.74, 6) is 2.62. The summed E-state index contributed by atoms with van der Waals surface area (Å²) < 4.78 is 0. The minimum atomic E-state index is 0.452. The predicted molar refractivity (Wildman–Crippen MR) is 73.5 cm³/mol. The first-order valence-corrected chi connectivity index (χ1v) is 6.51. The number of aryl methyl sites for hydroxylation is 1. The van der Waals surface area contributed by atoms with Gasteiger partial charge < -0.3 is 10.6 Å². The van der Waals surface area contributed by atoms with Crippen molar-refractivity contribution in [2.45, 2.75) is 53.0 Å². The molecule has 96 valence electrons. The quantitative estimate of drug-likeness (QED) is 0.763. The van der Waals surface area contributed by atoms with Crippen molar-refractivity contribution in [3.05, 3.63) is 11.9 Å². The molecular weight excluding hydrogens is 212 g/mol. The molecule has 0 spiro atoms. The highest BCUT2D eigenvalue weighted by molar-refractivity contribution is 5.47. The molecule has 2 N–H and O–H groups in total. The highest BCUT2D eigenvalue weighted by Gasteiger charge is 2.04. The maximum absolute atomic E-state index is 4.40. The van der Waals surface area contributed by atoms with Crippen LogP contribution in [0.2, 0.25) is 0 Å². The predicted octanol–water partition coefficient (Wildman–Crippen LogP) is 3.21. The smallest absolute Gasteiger partial charge is 0.132 e. The zero-order valence-electron chi connectivity index (χ0n) is 11.4. The summed E-state index contributed by atoms with van der Waals surface area (Å²) in [5, 5.41) is 6.70. The number of aromatic nitrogens is 2.